The minimum absolute atomic E-state index is 1.26. The molecule has 0 fully saturated rings. The Bertz CT molecular complexity index is 3370. The van der Waals surface area contributed by atoms with E-state index in [0.717, 1.165) is 0 Å². The molecule has 0 atom stereocenters. The van der Waals surface area contributed by atoms with Crippen molar-refractivity contribution in [2.45, 2.75) is 0 Å². The van der Waals surface area contributed by atoms with Gasteiger partial charge in [-0.1, -0.05) is 158 Å². The second-order valence-corrected chi connectivity index (χ2v) is 14.7. The van der Waals surface area contributed by atoms with Crippen LogP contribution in [0.5, 0.6) is 0 Å². The van der Waals surface area contributed by atoms with Gasteiger partial charge in [0.25, 0.3) is 0 Å². The van der Waals surface area contributed by atoms with Crippen LogP contribution < -0.4 is 0 Å². The highest BCUT2D eigenvalue weighted by atomic mass is 14.3. The first-order chi connectivity index (χ1) is 25.8. The second-order valence-electron chi connectivity index (χ2n) is 14.7. The fraction of sp³-hybridized carbons (Fsp3) is 0. The van der Waals surface area contributed by atoms with E-state index in [0.29, 0.717) is 0 Å². The number of rotatable bonds is 2. The Kier molecular flexibility index (Phi) is 4.94. The van der Waals surface area contributed by atoms with Gasteiger partial charge in [-0.25, -0.2) is 0 Å². The van der Waals surface area contributed by atoms with Gasteiger partial charge in [-0.15, -0.1) is 0 Å². The summed E-state index contributed by atoms with van der Waals surface area (Å²) in [6.07, 6.45) is 0. The van der Waals surface area contributed by atoms with Crippen molar-refractivity contribution in [3.05, 3.63) is 170 Å². The summed E-state index contributed by atoms with van der Waals surface area (Å²) in [7, 11) is 0. The lowest BCUT2D eigenvalue weighted by atomic mass is 9.85. The van der Waals surface area contributed by atoms with Crippen molar-refractivity contribution in [1.82, 2.24) is 0 Å². The molecule has 0 heteroatoms. The van der Waals surface area contributed by atoms with Crippen molar-refractivity contribution in [3.63, 3.8) is 0 Å². The summed E-state index contributed by atoms with van der Waals surface area (Å²) in [6.45, 7) is 0. The van der Waals surface area contributed by atoms with Crippen LogP contribution in [-0.2, 0) is 0 Å². The average molecular weight is 653 g/mol. The van der Waals surface area contributed by atoms with Crippen LogP contribution in [0.4, 0.5) is 0 Å². The van der Waals surface area contributed by atoms with Gasteiger partial charge in [0.15, 0.2) is 0 Å². The van der Waals surface area contributed by atoms with Crippen LogP contribution in [0.2, 0.25) is 0 Å². The molecule has 0 aliphatic rings. The summed E-state index contributed by atoms with van der Waals surface area (Å²) >= 11 is 0. The third-order valence-corrected chi connectivity index (χ3v) is 12.2. The smallest absolute Gasteiger partial charge is 0.000741 e. The van der Waals surface area contributed by atoms with Gasteiger partial charge in [0.2, 0.25) is 0 Å². The van der Waals surface area contributed by atoms with E-state index in [1.54, 1.807) is 0 Å². The highest BCUT2D eigenvalue weighted by Gasteiger charge is 2.25. The van der Waals surface area contributed by atoms with Crippen molar-refractivity contribution < 1.29 is 0 Å². The Morgan fingerprint density at radius 3 is 0.962 bits per heavy atom. The maximum absolute atomic E-state index is 2.54. The molecule has 0 saturated carbocycles. The minimum Gasteiger partial charge on any atom is -0.0622 e. The molecule has 0 saturated heterocycles. The van der Waals surface area contributed by atoms with Crippen molar-refractivity contribution in [3.8, 4) is 22.3 Å². The molecular weight excluding hydrogens is 625 g/mol. The minimum atomic E-state index is 1.26. The average Bonchev–Trinajstić information content (AvgIpc) is 3.71. The maximum atomic E-state index is 2.54. The number of hydrogen-bond donors (Lipinski definition) is 0. The van der Waals surface area contributed by atoms with E-state index >= 15 is 0 Å². The Hall–Kier alpha value is -6.76. The predicted octanol–water partition coefficient (Wildman–Crippen LogP) is 14.9. The van der Waals surface area contributed by atoms with Crippen LogP contribution in [-0.4, -0.2) is 0 Å². The first kappa shape index (κ1) is 27.0. The molecule has 0 aromatic heterocycles. The molecule has 0 bridgehead atoms. The van der Waals surface area contributed by atoms with E-state index in [1.165, 1.54) is 130 Å². The highest BCUT2D eigenvalue weighted by molar-refractivity contribution is 6.45. The van der Waals surface area contributed by atoms with Crippen molar-refractivity contribution in [2.75, 3.05) is 0 Å². The molecule has 0 radical (unpaired) electrons. The fourth-order valence-electron chi connectivity index (χ4n) is 10.3. The molecule has 0 spiro atoms. The summed E-state index contributed by atoms with van der Waals surface area (Å²) in [5, 5.41) is 26.8. The fourth-order valence-corrected chi connectivity index (χ4v) is 10.3. The maximum Gasteiger partial charge on any atom is -0.000741 e. The van der Waals surface area contributed by atoms with Gasteiger partial charge in [0.1, 0.15) is 0 Å². The van der Waals surface area contributed by atoms with Crippen molar-refractivity contribution in [1.29, 1.82) is 0 Å². The molecule has 0 heterocycles. The molecule has 13 rings (SSSR count). The zero-order chi connectivity index (χ0) is 33.7. The third kappa shape index (κ3) is 3.20. The predicted molar refractivity (Wildman–Crippen MR) is 226 cm³/mol. The lowest BCUT2D eigenvalue weighted by Crippen LogP contribution is -1.89. The monoisotopic (exact) mass is 652 g/mol. The zero-order valence-electron chi connectivity index (χ0n) is 28.2. The molecule has 13 aromatic rings. The van der Waals surface area contributed by atoms with Crippen LogP contribution in [0.25, 0.3) is 130 Å². The summed E-state index contributed by atoms with van der Waals surface area (Å²) < 4.78 is 0. The van der Waals surface area contributed by atoms with Gasteiger partial charge in [-0.2, -0.15) is 0 Å². The van der Waals surface area contributed by atoms with E-state index in [-0.39, 0.29) is 0 Å². The van der Waals surface area contributed by atoms with Gasteiger partial charge >= 0.3 is 0 Å². The first-order valence-corrected chi connectivity index (χ1v) is 18.3. The van der Waals surface area contributed by atoms with Gasteiger partial charge < -0.3 is 0 Å². The standard InChI is InChI=1S/C52H28/c1-3-11-31(12-4-1)47-43-27-41-37-25-23-35-33-19-7-15-29-16-8-20-34(45(29)33)36-24-26-38(50(37)49(35)36)42(41)28-44(43)48(32-13-5-2-6-14-32)52-40-22-10-18-30-17-9-21-39(46(30)40)51(47)52/h1-28H. The van der Waals surface area contributed by atoms with Gasteiger partial charge in [-0.3, -0.25) is 0 Å². The SMILES string of the molecule is c1ccc(-c2c3cc4c(cc3c(-c3ccccc3)c3c5cccc6cccc(c23)c65)c2ccc3c5cccc6cccc(c7ccc4c2c73)c65)cc1. The number of benzene rings is 11. The molecule has 0 unspecified atom stereocenters. The van der Waals surface area contributed by atoms with E-state index in [1.807, 2.05) is 0 Å². The van der Waals surface area contributed by atoms with Crippen molar-refractivity contribution in [2.24, 2.45) is 0 Å². The Labute approximate surface area is 298 Å². The molecule has 0 amide bonds. The highest BCUT2D eigenvalue weighted by Crippen LogP contribution is 2.54. The molecule has 0 N–H and O–H groups in total. The van der Waals surface area contributed by atoms with E-state index in [2.05, 4.69) is 170 Å². The Morgan fingerprint density at radius 2 is 0.538 bits per heavy atom. The zero-order valence-corrected chi connectivity index (χ0v) is 28.2. The van der Waals surface area contributed by atoms with E-state index in [4.69, 9.17) is 0 Å². The van der Waals surface area contributed by atoms with E-state index < -0.39 is 0 Å². The first-order valence-electron chi connectivity index (χ1n) is 18.3. The molecule has 0 nitrogen and oxygen atoms in total. The quantitative estimate of drug-likeness (QED) is 0.129. The van der Waals surface area contributed by atoms with Crippen molar-refractivity contribution >= 4 is 108 Å². The topological polar surface area (TPSA) is 0 Å². The van der Waals surface area contributed by atoms with Crippen LogP contribution in [0.1, 0.15) is 0 Å². The van der Waals surface area contributed by atoms with Crippen LogP contribution in [0.15, 0.2) is 170 Å². The molecule has 52 heavy (non-hydrogen) atoms. The molecular formula is C52H28. The normalized spacial score (nSPS) is 12.6. The van der Waals surface area contributed by atoms with Crippen LogP contribution in [0.3, 0.4) is 0 Å². The lowest BCUT2D eigenvalue weighted by molar-refractivity contribution is 1.68. The molecule has 0 aliphatic carbocycles. The van der Waals surface area contributed by atoms with E-state index in [9.17, 15) is 0 Å². The summed E-state index contributed by atoms with van der Waals surface area (Å²) in [4.78, 5) is 0. The van der Waals surface area contributed by atoms with Gasteiger partial charge in [-0.05, 0) is 142 Å². The second kappa shape index (κ2) is 9.51. The summed E-state index contributed by atoms with van der Waals surface area (Å²) in [6, 6.07) is 64.1. The molecule has 236 valence electrons. The number of fused-ring (bicyclic) bond motifs is 9. The number of hydrogen-bond acceptors (Lipinski definition) is 0. The van der Waals surface area contributed by atoms with Crippen LogP contribution >= 0.6 is 0 Å². The Balaban J connectivity index is 1.31. The lowest BCUT2D eigenvalue weighted by Gasteiger charge is -2.17. The third-order valence-electron chi connectivity index (χ3n) is 12.2. The van der Waals surface area contributed by atoms with Gasteiger partial charge in [0, 0.05) is 0 Å². The largest absolute Gasteiger partial charge is 0.0622 e. The summed E-state index contributed by atoms with van der Waals surface area (Å²) in [5.41, 5.74) is 5.15. The van der Waals surface area contributed by atoms with Gasteiger partial charge in [0.05, 0.1) is 0 Å². The summed E-state index contributed by atoms with van der Waals surface area (Å²) in [5.74, 6) is 0. The molecule has 0 aliphatic heterocycles. The Morgan fingerprint density at radius 1 is 0.192 bits per heavy atom. The van der Waals surface area contributed by atoms with Crippen LogP contribution in [0, 0.1) is 0 Å². The molecule has 13 aromatic carbocycles.